The molecule has 0 radical (unpaired) electrons. The zero-order valence-corrected chi connectivity index (χ0v) is 5.14. The van der Waals surface area contributed by atoms with Crippen molar-refractivity contribution in [2.45, 2.75) is 0 Å². The van der Waals surface area contributed by atoms with Crippen molar-refractivity contribution in [1.82, 2.24) is 15.4 Å². The molecule has 5 heteroatoms. The van der Waals surface area contributed by atoms with Gasteiger partial charge in [-0.2, -0.15) is 0 Å². The Kier molecular flexibility index (Phi) is 1.70. The predicted molar refractivity (Wildman–Crippen MR) is 29.9 cm³/mol. The van der Waals surface area contributed by atoms with Gasteiger partial charge in [0.05, 0.1) is 6.20 Å². The van der Waals surface area contributed by atoms with Gasteiger partial charge in [0.2, 0.25) is 0 Å². The van der Waals surface area contributed by atoms with Crippen molar-refractivity contribution in [2.24, 2.45) is 0 Å². The fourth-order valence-electron chi connectivity index (χ4n) is 0.313. The van der Waals surface area contributed by atoms with Crippen LogP contribution in [0, 0.1) is 0 Å². The first-order valence-corrected chi connectivity index (χ1v) is 3.08. The average molecular weight is 129 g/mol. The van der Waals surface area contributed by atoms with Crippen LogP contribution in [0.25, 0.3) is 0 Å². The molecular formula is C3H4N3OP. The standard InChI is InChI=1S/C3H4N3OP/c7-8-3-1-2-4-6-5-3/h1-2H,8H2. The van der Waals surface area contributed by atoms with Crippen LogP contribution >= 0.6 is 8.46 Å². The Morgan fingerprint density at radius 1 is 1.62 bits per heavy atom. The van der Waals surface area contributed by atoms with Crippen LogP contribution in [0.2, 0.25) is 0 Å². The van der Waals surface area contributed by atoms with Crippen LogP contribution in [0.3, 0.4) is 0 Å². The minimum Gasteiger partial charge on any atom is -0.324 e. The van der Waals surface area contributed by atoms with Crippen LogP contribution in [-0.4, -0.2) is 15.4 Å². The van der Waals surface area contributed by atoms with E-state index in [1.807, 2.05) is 0 Å². The highest BCUT2D eigenvalue weighted by atomic mass is 31.1. The third kappa shape index (κ3) is 1.10. The number of nitrogens with zero attached hydrogens (tertiary/aromatic N) is 3. The smallest absolute Gasteiger partial charge is 0.121 e. The van der Waals surface area contributed by atoms with Crippen LogP contribution in [-0.2, 0) is 4.57 Å². The first-order valence-electron chi connectivity index (χ1n) is 2.03. The molecule has 1 atom stereocenters. The summed E-state index contributed by atoms with van der Waals surface area (Å²) in [5.74, 6) is 0. The summed E-state index contributed by atoms with van der Waals surface area (Å²) in [5.41, 5.74) is 0.514. The van der Waals surface area contributed by atoms with Crippen LogP contribution in [0.15, 0.2) is 12.3 Å². The third-order valence-electron chi connectivity index (χ3n) is 0.645. The lowest BCUT2D eigenvalue weighted by molar-refractivity contribution is 0.602. The van der Waals surface area contributed by atoms with Crippen LogP contribution in [0.1, 0.15) is 0 Å². The van der Waals surface area contributed by atoms with Crippen LogP contribution < -0.4 is 5.44 Å². The second-order valence-corrected chi connectivity index (χ2v) is 1.99. The van der Waals surface area contributed by atoms with Crippen molar-refractivity contribution in [3.05, 3.63) is 12.3 Å². The first-order chi connectivity index (χ1) is 3.93. The van der Waals surface area contributed by atoms with E-state index < -0.39 is 8.46 Å². The largest absolute Gasteiger partial charge is 0.324 e. The van der Waals surface area contributed by atoms with Crippen LogP contribution in [0.4, 0.5) is 0 Å². The Bertz CT molecular complexity index is 177. The van der Waals surface area contributed by atoms with E-state index in [0.717, 1.165) is 0 Å². The monoisotopic (exact) mass is 129 g/mol. The number of hydrogen-bond donors (Lipinski definition) is 0. The molecule has 0 fully saturated rings. The van der Waals surface area contributed by atoms with Crippen molar-refractivity contribution in [2.75, 3.05) is 0 Å². The summed E-state index contributed by atoms with van der Waals surface area (Å²) in [6, 6.07) is 1.58. The van der Waals surface area contributed by atoms with Gasteiger partial charge in [-0.1, -0.05) is 0 Å². The number of hydrogen-bond acceptors (Lipinski definition) is 4. The molecule has 1 aromatic heterocycles. The molecule has 1 rings (SSSR count). The van der Waals surface area contributed by atoms with Crippen molar-refractivity contribution < 1.29 is 4.57 Å². The van der Waals surface area contributed by atoms with Gasteiger partial charge in [0.15, 0.2) is 0 Å². The average Bonchev–Trinajstić information content (AvgIpc) is 1.90. The lowest BCUT2D eigenvalue weighted by Gasteiger charge is -1.79. The SMILES string of the molecule is O=[PH2]c1ccnnn1. The molecule has 1 aromatic rings. The summed E-state index contributed by atoms with van der Waals surface area (Å²) in [7, 11) is -0.953. The lowest BCUT2D eigenvalue weighted by Crippen LogP contribution is -2.00. The van der Waals surface area contributed by atoms with Crippen molar-refractivity contribution in [1.29, 1.82) is 0 Å². The molecule has 42 valence electrons. The quantitative estimate of drug-likeness (QED) is 0.468. The maximum Gasteiger partial charge on any atom is 0.121 e. The van der Waals surface area contributed by atoms with Gasteiger partial charge >= 0.3 is 0 Å². The molecule has 0 aliphatic rings. The van der Waals surface area contributed by atoms with Gasteiger partial charge in [-0.15, -0.1) is 10.2 Å². The Morgan fingerprint density at radius 3 is 2.88 bits per heavy atom. The summed E-state index contributed by atoms with van der Waals surface area (Å²) >= 11 is 0. The van der Waals surface area contributed by atoms with Gasteiger partial charge < -0.3 is 4.57 Å². The molecular weight excluding hydrogens is 125 g/mol. The van der Waals surface area contributed by atoms with Crippen LogP contribution in [0.5, 0.6) is 0 Å². The zero-order chi connectivity index (χ0) is 5.82. The van der Waals surface area contributed by atoms with Gasteiger partial charge in [-0.05, 0) is 11.3 Å². The Hall–Kier alpha value is -0.760. The van der Waals surface area contributed by atoms with E-state index in [9.17, 15) is 4.57 Å². The Morgan fingerprint density at radius 2 is 2.50 bits per heavy atom. The normalized spacial score (nSPS) is 10.5. The highest BCUT2D eigenvalue weighted by Crippen LogP contribution is 1.84. The third-order valence-corrected chi connectivity index (χ3v) is 1.19. The molecule has 0 saturated carbocycles. The van der Waals surface area contributed by atoms with E-state index in [1.54, 1.807) is 6.07 Å². The number of rotatable bonds is 1. The highest BCUT2D eigenvalue weighted by Gasteiger charge is 1.83. The maximum absolute atomic E-state index is 10.1. The second-order valence-electron chi connectivity index (χ2n) is 1.16. The molecule has 0 saturated heterocycles. The zero-order valence-electron chi connectivity index (χ0n) is 3.98. The Labute approximate surface area is 47.1 Å². The molecule has 0 N–H and O–H groups in total. The first kappa shape index (κ1) is 5.38. The van der Waals surface area contributed by atoms with Gasteiger partial charge in [0.1, 0.15) is 13.9 Å². The van der Waals surface area contributed by atoms with Gasteiger partial charge in [-0.25, -0.2) is 0 Å². The molecule has 0 aliphatic heterocycles. The molecule has 0 bridgehead atoms. The molecule has 0 aromatic carbocycles. The molecule has 0 spiro atoms. The molecule has 0 amide bonds. The summed E-state index contributed by atoms with van der Waals surface area (Å²) in [6.07, 6.45) is 1.47. The maximum atomic E-state index is 10.1. The fourth-order valence-corrected chi connectivity index (χ4v) is 0.577. The van der Waals surface area contributed by atoms with Gasteiger partial charge in [-0.3, -0.25) is 0 Å². The minimum atomic E-state index is -0.953. The van der Waals surface area contributed by atoms with Crippen molar-refractivity contribution in [3.63, 3.8) is 0 Å². The second kappa shape index (κ2) is 2.52. The van der Waals surface area contributed by atoms with E-state index in [2.05, 4.69) is 15.4 Å². The van der Waals surface area contributed by atoms with Gasteiger partial charge in [0, 0.05) is 0 Å². The van der Waals surface area contributed by atoms with E-state index in [0.29, 0.717) is 5.44 Å². The molecule has 4 nitrogen and oxygen atoms in total. The molecule has 1 heterocycles. The predicted octanol–water partition coefficient (Wildman–Crippen LogP) is -0.747. The molecule has 8 heavy (non-hydrogen) atoms. The summed E-state index contributed by atoms with van der Waals surface area (Å²) in [5, 5.41) is 10.1. The highest BCUT2D eigenvalue weighted by molar-refractivity contribution is 7.33. The van der Waals surface area contributed by atoms with E-state index in [1.165, 1.54) is 6.20 Å². The summed E-state index contributed by atoms with van der Waals surface area (Å²) in [4.78, 5) is 0. The fraction of sp³-hybridized carbons (Fsp3) is 0. The van der Waals surface area contributed by atoms with Gasteiger partial charge in [0.25, 0.3) is 0 Å². The Balaban J connectivity index is 2.99. The topological polar surface area (TPSA) is 55.7 Å². The summed E-state index contributed by atoms with van der Waals surface area (Å²) in [6.45, 7) is 0. The van der Waals surface area contributed by atoms with E-state index in [-0.39, 0.29) is 0 Å². The molecule has 1 unspecified atom stereocenters. The molecule has 0 aliphatic carbocycles. The van der Waals surface area contributed by atoms with E-state index in [4.69, 9.17) is 0 Å². The van der Waals surface area contributed by atoms with Crippen molar-refractivity contribution >= 4 is 13.9 Å². The minimum absolute atomic E-state index is 0.514. The lowest BCUT2D eigenvalue weighted by atomic mass is 10.7. The summed E-state index contributed by atoms with van der Waals surface area (Å²) < 4.78 is 10.1. The number of aromatic nitrogens is 3. The van der Waals surface area contributed by atoms with E-state index >= 15 is 0 Å². The van der Waals surface area contributed by atoms with Crippen molar-refractivity contribution in [3.8, 4) is 0 Å².